The second-order valence-electron chi connectivity index (χ2n) is 5.29. The molecule has 1 aromatic carbocycles. The highest BCUT2D eigenvalue weighted by Gasteiger charge is 2.05. The highest BCUT2D eigenvalue weighted by Crippen LogP contribution is 2.18. The molecule has 4 nitrogen and oxygen atoms in total. The van der Waals surface area contributed by atoms with Gasteiger partial charge in [0, 0.05) is 6.54 Å². The summed E-state index contributed by atoms with van der Waals surface area (Å²) in [5, 5.41) is 12.8. The Morgan fingerprint density at radius 2 is 1.62 bits per heavy atom. The summed E-state index contributed by atoms with van der Waals surface area (Å²) in [5.41, 5.74) is 2.64. The van der Waals surface area contributed by atoms with E-state index < -0.39 is 0 Å². The highest BCUT2D eigenvalue weighted by atomic mass is 16.3. The summed E-state index contributed by atoms with van der Waals surface area (Å²) < 4.78 is 0. The summed E-state index contributed by atoms with van der Waals surface area (Å²) in [6, 6.07) is 10.6. The number of hydrogen-bond acceptors (Lipinski definition) is 4. The van der Waals surface area contributed by atoms with Gasteiger partial charge in [0.15, 0.2) is 5.75 Å². The molecule has 21 heavy (non-hydrogen) atoms. The van der Waals surface area contributed by atoms with Crippen molar-refractivity contribution in [3.05, 3.63) is 47.3 Å². The average molecular weight is 285 g/mol. The Hall–Kier alpha value is -2.10. The SMILES string of the molecule is Cc1nc(NCCCCCc2ccccc2)nc(C)c1O. The number of unbranched alkanes of at least 4 members (excludes halogenated alkanes) is 2. The van der Waals surface area contributed by atoms with Crippen molar-refractivity contribution in [1.29, 1.82) is 0 Å². The zero-order valence-corrected chi connectivity index (χ0v) is 12.8. The Balaban J connectivity index is 1.66. The minimum absolute atomic E-state index is 0.184. The Kier molecular flexibility index (Phi) is 5.55. The number of rotatable bonds is 7. The minimum Gasteiger partial charge on any atom is -0.504 e. The average Bonchev–Trinajstić information content (AvgIpc) is 2.49. The molecule has 0 radical (unpaired) electrons. The summed E-state index contributed by atoms with van der Waals surface area (Å²) in [4.78, 5) is 8.45. The van der Waals surface area contributed by atoms with E-state index in [1.165, 1.54) is 18.4 Å². The van der Waals surface area contributed by atoms with E-state index in [0.29, 0.717) is 17.3 Å². The van der Waals surface area contributed by atoms with Crippen LogP contribution in [0.5, 0.6) is 5.75 Å². The molecule has 4 heteroatoms. The zero-order chi connectivity index (χ0) is 15.1. The largest absolute Gasteiger partial charge is 0.504 e. The van der Waals surface area contributed by atoms with Crippen molar-refractivity contribution in [3.63, 3.8) is 0 Å². The van der Waals surface area contributed by atoms with Gasteiger partial charge in [-0.1, -0.05) is 36.8 Å². The first kappa shape index (κ1) is 15.3. The van der Waals surface area contributed by atoms with Gasteiger partial charge in [-0.25, -0.2) is 9.97 Å². The van der Waals surface area contributed by atoms with Crippen LogP contribution in [0, 0.1) is 13.8 Å². The van der Waals surface area contributed by atoms with Crippen molar-refractivity contribution in [2.24, 2.45) is 0 Å². The van der Waals surface area contributed by atoms with E-state index in [-0.39, 0.29) is 5.75 Å². The molecule has 0 bridgehead atoms. The van der Waals surface area contributed by atoms with Crippen LogP contribution in [0.3, 0.4) is 0 Å². The molecule has 0 saturated heterocycles. The molecule has 2 rings (SSSR count). The molecule has 2 N–H and O–H groups in total. The summed E-state index contributed by atoms with van der Waals surface area (Å²) in [5.74, 6) is 0.786. The molecule has 0 amide bonds. The van der Waals surface area contributed by atoms with E-state index >= 15 is 0 Å². The van der Waals surface area contributed by atoms with Crippen LogP contribution in [0.2, 0.25) is 0 Å². The van der Waals surface area contributed by atoms with Crippen LogP contribution in [0.4, 0.5) is 5.95 Å². The number of aryl methyl sites for hydroxylation is 3. The molecular weight excluding hydrogens is 262 g/mol. The van der Waals surface area contributed by atoms with E-state index in [1.807, 2.05) is 0 Å². The predicted molar refractivity (Wildman–Crippen MR) is 85.7 cm³/mol. The van der Waals surface area contributed by atoms with Crippen molar-refractivity contribution in [2.75, 3.05) is 11.9 Å². The summed E-state index contributed by atoms with van der Waals surface area (Å²) in [7, 11) is 0. The molecule has 2 aromatic rings. The van der Waals surface area contributed by atoms with E-state index in [0.717, 1.165) is 19.4 Å². The predicted octanol–water partition coefficient (Wildman–Crippen LogP) is 3.62. The Labute approximate surface area is 126 Å². The van der Waals surface area contributed by atoms with Crippen molar-refractivity contribution < 1.29 is 5.11 Å². The summed E-state index contributed by atoms with van der Waals surface area (Å²) in [6.07, 6.45) is 4.60. The third kappa shape index (κ3) is 4.74. The molecule has 112 valence electrons. The van der Waals surface area contributed by atoms with Gasteiger partial charge in [-0.05, 0) is 38.7 Å². The first-order valence-corrected chi connectivity index (χ1v) is 7.49. The van der Waals surface area contributed by atoms with Crippen LogP contribution < -0.4 is 5.32 Å². The zero-order valence-electron chi connectivity index (χ0n) is 12.8. The van der Waals surface area contributed by atoms with Crippen LogP contribution in [0.25, 0.3) is 0 Å². The van der Waals surface area contributed by atoms with E-state index in [2.05, 4.69) is 45.6 Å². The quantitative estimate of drug-likeness (QED) is 0.763. The topological polar surface area (TPSA) is 58.0 Å². The van der Waals surface area contributed by atoms with Gasteiger partial charge in [-0.2, -0.15) is 0 Å². The Bertz CT molecular complexity index is 546. The maximum atomic E-state index is 9.63. The lowest BCUT2D eigenvalue weighted by Crippen LogP contribution is -2.07. The van der Waals surface area contributed by atoms with E-state index in [4.69, 9.17) is 0 Å². The molecule has 0 spiro atoms. The number of nitrogens with zero attached hydrogens (tertiary/aromatic N) is 2. The van der Waals surface area contributed by atoms with Crippen LogP contribution in [-0.4, -0.2) is 21.6 Å². The van der Waals surface area contributed by atoms with Gasteiger partial charge in [0.25, 0.3) is 0 Å². The van der Waals surface area contributed by atoms with E-state index in [1.54, 1.807) is 13.8 Å². The normalized spacial score (nSPS) is 10.6. The van der Waals surface area contributed by atoms with E-state index in [9.17, 15) is 5.11 Å². The fourth-order valence-electron chi connectivity index (χ4n) is 2.27. The molecule has 0 aliphatic carbocycles. The third-order valence-electron chi connectivity index (χ3n) is 3.50. The number of aromatic hydroxyl groups is 1. The Morgan fingerprint density at radius 3 is 2.29 bits per heavy atom. The Morgan fingerprint density at radius 1 is 0.952 bits per heavy atom. The summed E-state index contributed by atoms with van der Waals surface area (Å²) >= 11 is 0. The van der Waals surface area contributed by atoms with Gasteiger partial charge in [0.05, 0.1) is 11.4 Å². The number of benzene rings is 1. The van der Waals surface area contributed by atoms with Crippen molar-refractivity contribution >= 4 is 5.95 Å². The maximum absolute atomic E-state index is 9.63. The first-order chi connectivity index (χ1) is 10.2. The highest BCUT2D eigenvalue weighted by molar-refractivity contribution is 5.37. The molecule has 0 atom stereocenters. The fraction of sp³-hybridized carbons (Fsp3) is 0.412. The second kappa shape index (κ2) is 7.62. The van der Waals surface area contributed by atoms with Crippen LogP contribution in [0.1, 0.15) is 36.2 Å². The maximum Gasteiger partial charge on any atom is 0.223 e. The molecule has 0 aliphatic rings. The lowest BCUT2D eigenvalue weighted by atomic mass is 10.1. The molecular formula is C17H23N3O. The van der Waals surface area contributed by atoms with Crippen molar-refractivity contribution in [2.45, 2.75) is 39.5 Å². The van der Waals surface area contributed by atoms with Gasteiger partial charge in [0.1, 0.15) is 0 Å². The molecule has 0 fully saturated rings. The minimum atomic E-state index is 0.184. The number of hydrogen-bond donors (Lipinski definition) is 2. The second-order valence-corrected chi connectivity index (χ2v) is 5.29. The van der Waals surface area contributed by atoms with Crippen molar-refractivity contribution in [3.8, 4) is 5.75 Å². The van der Waals surface area contributed by atoms with Gasteiger partial charge >= 0.3 is 0 Å². The molecule has 0 saturated carbocycles. The van der Waals surface area contributed by atoms with Crippen LogP contribution in [-0.2, 0) is 6.42 Å². The lowest BCUT2D eigenvalue weighted by Gasteiger charge is -2.08. The third-order valence-corrected chi connectivity index (χ3v) is 3.50. The number of anilines is 1. The molecule has 0 unspecified atom stereocenters. The monoisotopic (exact) mass is 285 g/mol. The first-order valence-electron chi connectivity index (χ1n) is 7.49. The number of nitrogens with one attached hydrogen (secondary N) is 1. The van der Waals surface area contributed by atoms with Gasteiger partial charge < -0.3 is 10.4 Å². The van der Waals surface area contributed by atoms with Crippen LogP contribution >= 0.6 is 0 Å². The standard InChI is InChI=1S/C17H23N3O/c1-13-16(21)14(2)20-17(19-13)18-12-8-4-7-11-15-9-5-3-6-10-15/h3,5-6,9-10,21H,4,7-8,11-12H2,1-2H3,(H,18,19,20). The van der Waals surface area contributed by atoms with Crippen LogP contribution in [0.15, 0.2) is 30.3 Å². The van der Waals surface area contributed by atoms with Gasteiger partial charge in [-0.3, -0.25) is 0 Å². The lowest BCUT2D eigenvalue weighted by molar-refractivity contribution is 0.459. The smallest absolute Gasteiger partial charge is 0.223 e. The fourth-order valence-corrected chi connectivity index (χ4v) is 2.27. The molecule has 1 aromatic heterocycles. The van der Waals surface area contributed by atoms with Gasteiger partial charge in [0.2, 0.25) is 5.95 Å². The van der Waals surface area contributed by atoms with Crippen molar-refractivity contribution in [1.82, 2.24) is 9.97 Å². The summed E-state index contributed by atoms with van der Waals surface area (Å²) in [6.45, 7) is 4.43. The van der Waals surface area contributed by atoms with Gasteiger partial charge in [-0.15, -0.1) is 0 Å². The molecule has 0 aliphatic heterocycles. The molecule has 1 heterocycles. The number of aromatic nitrogens is 2.